The normalized spacial score (nSPS) is 11.3. The summed E-state index contributed by atoms with van der Waals surface area (Å²) in [4.78, 5) is 11.2. The van der Waals surface area contributed by atoms with Crippen LogP contribution in [0.4, 0.5) is 4.79 Å². The number of allylic oxidation sites excluding steroid dienone is 1. The Morgan fingerprint density at radius 3 is 2.32 bits per heavy atom. The number of benzene rings is 1. The van der Waals surface area contributed by atoms with Gasteiger partial charge in [0.05, 0.1) is 12.6 Å². The van der Waals surface area contributed by atoms with Crippen molar-refractivity contribution in [2.75, 3.05) is 19.8 Å². The van der Waals surface area contributed by atoms with Crippen LogP contribution in [0.3, 0.4) is 0 Å². The minimum absolute atomic E-state index is 0.132. The van der Waals surface area contributed by atoms with E-state index in [2.05, 4.69) is 5.32 Å². The molecule has 0 aromatic heterocycles. The first-order valence-corrected chi connectivity index (χ1v) is 7.43. The zero-order valence-corrected chi connectivity index (χ0v) is 13.7. The Morgan fingerprint density at radius 1 is 1.18 bits per heavy atom. The van der Waals surface area contributed by atoms with Gasteiger partial charge < -0.3 is 19.5 Å². The lowest BCUT2D eigenvalue weighted by atomic mass is 10.3. The Kier molecular flexibility index (Phi) is 7.89. The molecule has 0 fully saturated rings. The third kappa shape index (κ3) is 7.57. The molecule has 0 saturated carbocycles. The molecule has 22 heavy (non-hydrogen) atoms. The topological polar surface area (TPSA) is 56.8 Å². The van der Waals surface area contributed by atoms with E-state index in [4.69, 9.17) is 14.2 Å². The molecule has 0 bridgehead atoms. The summed E-state index contributed by atoms with van der Waals surface area (Å²) in [6, 6.07) is 7.27. The molecule has 5 heteroatoms. The number of hydrogen-bond donors (Lipinski definition) is 1. The summed E-state index contributed by atoms with van der Waals surface area (Å²) in [6.45, 7) is 8.97. The SMILES string of the molecule is CCOC(=O)NC(C)COc1ccc(OCC=C(C)C)cc1. The zero-order valence-electron chi connectivity index (χ0n) is 13.7. The largest absolute Gasteiger partial charge is 0.491 e. The van der Waals surface area contributed by atoms with Crippen molar-refractivity contribution in [2.24, 2.45) is 0 Å². The van der Waals surface area contributed by atoms with E-state index < -0.39 is 6.09 Å². The Morgan fingerprint density at radius 2 is 1.77 bits per heavy atom. The lowest BCUT2D eigenvalue weighted by Gasteiger charge is -2.14. The highest BCUT2D eigenvalue weighted by Gasteiger charge is 2.08. The number of amides is 1. The highest BCUT2D eigenvalue weighted by Crippen LogP contribution is 2.17. The average Bonchev–Trinajstić information content (AvgIpc) is 2.46. The molecular formula is C17H25NO4. The van der Waals surface area contributed by atoms with E-state index in [1.807, 2.05) is 51.1 Å². The second-order valence-electron chi connectivity index (χ2n) is 5.14. The number of carbonyl (C=O) groups is 1. The molecule has 0 aliphatic heterocycles. The molecule has 1 unspecified atom stereocenters. The van der Waals surface area contributed by atoms with Gasteiger partial charge in [0, 0.05) is 0 Å². The molecule has 1 aromatic rings. The fourth-order valence-electron chi connectivity index (χ4n) is 1.57. The van der Waals surface area contributed by atoms with Gasteiger partial charge in [-0.3, -0.25) is 0 Å². The van der Waals surface area contributed by atoms with Gasteiger partial charge in [0.2, 0.25) is 0 Å². The van der Waals surface area contributed by atoms with Crippen LogP contribution in [0, 0.1) is 0 Å². The number of carbonyl (C=O) groups excluding carboxylic acids is 1. The molecule has 1 atom stereocenters. The maximum absolute atomic E-state index is 11.2. The van der Waals surface area contributed by atoms with E-state index in [1.165, 1.54) is 5.57 Å². The van der Waals surface area contributed by atoms with Crippen molar-refractivity contribution >= 4 is 6.09 Å². The Bertz CT molecular complexity index is 478. The van der Waals surface area contributed by atoms with Gasteiger partial charge in [0.1, 0.15) is 24.7 Å². The third-order valence-electron chi connectivity index (χ3n) is 2.70. The lowest BCUT2D eigenvalue weighted by molar-refractivity contribution is 0.144. The fraction of sp³-hybridized carbons (Fsp3) is 0.471. The van der Waals surface area contributed by atoms with Gasteiger partial charge in [0.15, 0.2) is 0 Å². The van der Waals surface area contributed by atoms with Crippen molar-refractivity contribution in [3.05, 3.63) is 35.9 Å². The summed E-state index contributed by atoms with van der Waals surface area (Å²) < 4.78 is 16.0. The van der Waals surface area contributed by atoms with E-state index >= 15 is 0 Å². The van der Waals surface area contributed by atoms with Crippen LogP contribution < -0.4 is 14.8 Å². The number of alkyl carbamates (subject to hydrolysis) is 1. The summed E-state index contributed by atoms with van der Waals surface area (Å²) in [5.74, 6) is 1.52. The maximum atomic E-state index is 11.2. The Hall–Kier alpha value is -2.17. The monoisotopic (exact) mass is 307 g/mol. The van der Waals surface area contributed by atoms with Gasteiger partial charge >= 0.3 is 6.09 Å². The molecule has 1 rings (SSSR count). The predicted molar refractivity (Wildman–Crippen MR) is 86.5 cm³/mol. The van der Waals surface area contributed by atoms with Crippen molar-refractivity contribution in [3.8, 4) is 11.5 Å². The average molecular weight is 307 g/mol. The fourth-order valence-corrected chi connectivity index (χ4v) is 1.57. The van der Waals surface area contributed by atoms with Gasteiger partial charge in [0.25, 0.3) is 0 Å². The molecule has 0 spiro atoms. The van der Waals surface area contributed by atoms with Crippen LogP contribution in [-0.2, 0) is 4.74 Å². The molecule has 0 aliphatic carbocycles. The number of hydrogen-bond acceptors (Lipinski definition) is 4. The summed E-state index contributed by atoms with van der Waals surface area (Å²) in [6.07, 6.45) is 1.59. The van der Waals surface area contributed by atoms with E-state index in [9.17, 15) is 4.79 Å². The molecule has 0 heterocycles. The highest BCUT2D eigenvalue weighted by atomic mass is 16.5. The quantitative estimate of drug-likeness (QED) is 0.746. The molecule has 5 nitrogen and oxygen atoms in total. The first-order valence-electron chi connectivity index (χ1n) is 7.43. The summed E-state index contributed by atoms with van der Waals surface area (Å²) in [5, 5.41) is 2.68. The van der Waals surface area contributed by atoms with E-state index in [1.54, 1.807) is 6.92 Å². The predicted octanol–water partition coefficient (Wildman–Crippen LogP) is 3.55. The minimum atomic E-state index is -0.429. The highest BCUT2D eigenvalue weighted by molar-refractivity contribution is 5.67. The van der Waals surface area contributed by atoms with Crippen LogP contribution in [0.2, 0.25) is 0 Å². The third-order valence-corrected chi connectivity index (χ3v) is 2.70. The van der Waals surface area contributed by atoms with Crippen LogP contribution in [0.25, 0.3) is 0 Å². The number of rotatable bonds is 8. The van der Waals surface area contributed by atoms with Crippen LogP contribution >= 0.6 is 0 Å². The summed E-state index contributed by atoms with van der Waals surface area (Å²) >= 11 is 0. The van der Waals surface area contributed by atoms with Gasteiger partial charge in [-0.15, -0.1) is 0 Å². The molecule has 1 N–H and O–H groups in total. The zero-order chi connectivity index (χ0) is 16.4. The van der Waals surface area contributed by atoms with Crippen LogP contribution in [0.1, 0.15) is 27.7 Å². The first-order chi connectivity index (χ1) is 10.5. The van der Waals surface area contributed by atoms with Crippen molar-refractivity contribution in [2.45, 2.75) is 33.7 Å². The molecular weight excluding hydrogens is 282 g/mol. The molecule has 0 saturated heterocycles. The van der Waals surface area contributed by atoms with Crippen LogP contribution in [0.5, 0.6) is 11.5 Å². The minimum Gasteiger partial charge on any atom is -0.491 e. The standard InChI is InChI=1S/C17H25NO4/c1-5-20-17(19)18-14(4)12-22-16-8-6-15(7-9-16)21-11-10-13(2)3/h6-10,14H,5,11-12H2,1-4H3,(H,18,19). The second-order valence-corrected chi connectivity index (χ2v) is 5.14. The molecule has 0 aliphatic rings. The van der Waals surface area contributed by atoms with Crippen molar-refractivity contribution < 1.29 is 19.0 Å². The van der Waals surface area contributed by atoms with Crippen LogP contribution in [-0.4, -0.2) is 32.0 Å². The van der Waals surface area contributed by atoms with E-state index in [0.29, 0.717) is 19.8 Å². The van der Waals surface area contributed by atoms with E-state index in [-0.39, 0.29) is 6.04 Å². The molecule has 1 amide bonds. The molecule has 1 aromatic carbocycles. The Labute approximate surface area is 132 Å². The van der Waals surface area contributed by atoms with E-state index in [0.717, 1.165) is 11.5 Å². The smallest absolute Gasteiger partial charge is 0.407 e. The Balaban J connectivity index is 2.34. The summed E-state index contributed by atoms with van der Waals surface area (Å²) in [5.41, 5.74) is 1.23. The van der Waals surface area contributed by atoms with Gasteiger partial charge in [-0.05, 0) is 58.0 Å². The van der Waals surface area contributed by atoms with Crippen molar-refractivity contribution in [1.82, 2.24) is 5.32 Å². The number of ether oxygens (including phenoxy) is 3. The van der Waals surface area contributed by atoms with Crippen molar-refractivity contribution in [3.63, 3.8) is 0 Å². The second kappa shape index (κ2) is 9.71. The summed E-state index contributed by atoms with van der Waals surface area (Å²) in [7, 11) is 0. The molecule has 0 radical (unpaired) electrons. The van der Waals surface area contributed by atoms with Gasteiger partial charge in [-0.25, -0.2) is 4.79 Å². The van der Waals surface area contributed by atoms with Crippen molar-refractivity contribution in [1.29, 1.82) is 0 Å². The first kappa shape index (κ1) is 17.9. The maximum Gasteiger partial charge on any atom is 0.407 e. The van der Waals surface area contributed by atoms with Gasteiger partial charge in [-0.2, -0.15) is 0 Å². The lowest BCUT2D eigenvalue weighted by Crippen LogP contribution is -2.37. The molecule has 122 valence electrons. The van der Waals surface area contributed by atoms with Crippen LogP contribution in [0.15, 0.2) is 35.9 Å². The van der Waals surface area contributed by atoms with Gasteiger partial charge in [-0.1, -0.05) is 5.57 Å². The number of nitrogens with one attached hydrogen (secondary N) is 1.